The predicted molar refractivity (Wildman–Crippen MR) is 116 cm³/mol. The monoisotopic (exact) mass is 440 g/mol. The molecule has 2 aromatic carbocycles. The molecule has 0 bridgehead atoms. The van der Waals surface area contributed by atoms with Crippen molar-refractivity contribution >= 4 is 23.2 Å². The minimum absolute atomic E-state index is 0.0653. The second kappa shape index (κ2) is 10.4. The van der Waals surface area contributed by atoms with Gasteiger partial charge in [-0.2, -0.15) is 0 Å². The summed E-state index contributed by atoms with van der Waals surface area (Å²) in [7, 11) is 1.59. The van der Waals surface area contributed by atoms with Crippen LogP contribution in [0.5, 0.6) is 11.5 Å². The highest BCUT2D eigenvalue weighted by Crippen LogP contribution is 2.22. The molecule has 0 atom stereocenters. The average Bonchev–Trinajstić information content (AvgIpc) is 3.18. The van der Waals surface area contributed by atoms with Gasteiger partial charge in [-0.1, -0.05) is 30.0 Å². The molecular weight excluding hydrogens is 420 g/mol. The molecule has 10 heteroatoms. The lowest BCUT2D eigenvalue weighted by Crippen LogP contribution is -2.09. The Hall–Kier alpha value is -3.66. The summed E-state index contributed by atoms with van der Waals surface area (Å²) in [4.78, 5) is 22.9. The van der Waals surface area contributed by atoms with Crippen LogP contribution >= 0.6 is 11.8 Å². The Morgan fingerprint density at radius 3 is 2.65 bits per heavy atom. The maximum Gasteiger partial charge on any atom is 0.270 e. The van der Waals surface area contributed by atoms with E-state index in [2.05, 4.69) is 16.8 Å². The van der Waals surface area contributed by atoms with Crippen molar-refractivity contribution in [2.75, 3.05) is 12.9 Å². The van der Waals surface area contributed by atoms with E-state index in [1.165, 1.54) is 30.0 Å². The molecule has 1 heterocycles. The normalized spacial score (nSPS) is 10.5. The number of ketones is 1. The maximum absolute atomic E-state index is 12.5. The molecule has 0 saturated carbocycles. The van der Waals surface area contributed by atoms with Gasteiger partial charge in [-0.3, -0.25) is 19.5 Å². The van der Waals surface area contributed by atoms with E-state index in [9.17, 15) is 14.9 Å². The molecule has 0 spiro atoms. The number of methoxy groups -OCH3 is 1. The summed E-state index contributed by atoms with van der Waals surface area (Å²) in [6, 6.07) is 12.8. The van der Waals surface area contributed by atoms with Gasteiger partial charge in [0.15, 0.2) is 16.8 Å². The molecule has 0 radical (unpaired) electrons. The van der Waals surface area contributed by atoms with Crippen molar-refractivity contribution < 1.29 is 19.2 Å². The predicted octanol–water partition coefficient (Wildman–Crippen LogP) is 3.93. The number of carbonyl (C=O) groups excluding carboxylic acids is 1. The third kappa shape index (κ3) is 5.70. The summed E-state index contributed by atoms with van der Waals surface area (Å²) in [5.74, 6) is 1.80. The van der Waals surface area contributed by atoms with Crippen molar-refractivity contribution in [1.82, 2.24) is 14.8 Å². The molecule has 31 heavy (non-hydrogen) atoms. The summed E-state index contributed by atoms with van der Waals surface area (Å²) in [6.45, 7) is 4.39. The molecule has 1 aromatic heterocycles. The number of hydrogen-bond acceptors (Lipinski definition) is 8. The number of nitro groups is 1. The molecule has 0 N–H and O–H groups in total. The first kappa shape index (κ1) is 22.0. The average molecular weight is 440 g/mol. The molecule has 0 aliphatic rings. The van der Waals surface area contributed by atoms with Gasteiger partial charge in [0, 0.05) is 24.2 Å². The van der Waals surface area contributed by atoms with Gasteiger partial charge in [-0.05, 0) is 24.3 Å². The molecule has 0 unspecified atom stereocenters. The van der Waals surface area contributed by atoms with Crippen LogP contribution < -0.4 is 9.47 Å². The SMILES string of the molecule is C=CCn1c(COc2ccc(OC)cc2)nnc1SCC(=O)c1cccc([N+](=O)[O-])c1. The number of benzene rings is 2. The molecule has 9 nitrogen and oxygen atoms in total. The molecule has 0 aliphatic carbocycles. The highest BCUT2D eigenvalue weighted by atomic mass is 32.2. The summed E-state index contributed by atoms with van der Waals surface area (Å²) in [5.41, 5.74) is 0.156. The number of hydrogen-bond donors (Lipinski definition) is 0. The number of thioether (sulfide) groups is 1. The van der Waals surface area contributed by atoms with Crippen LogP contribution in [0.3, 0.4) is 0 Å². The first-order valence-corrected chi connectivity index (χ1v) is 10.2. The summed E-state index contributed by atoms with van der Waals surface area (Å²) in [6.07, 6.45) is 1.70. The lowest BCUT2D eigenvalue weighted by Gasteiger charge is -2.09. The highest BCUT2D eigenvalue weighted by molar-refractivity contribution is 7.99. The van der Waals surface area contributed by atoms with Crippen LogP contribution in [0.1, 0.15) is 16.2 Å². The van der Waals surface area contributed by atoms with Crippen molar-refractivity contribution in [3.63, 3.8) is 0 Å². The van der Waals surface area contributed by atoms with Gasteiger partial charge in [-0.25, -0.2) is 0 Å². The largest absolute Gasteiger partial charge is 0.497 e. The topological polar surface area (TPSA) is 109 Å². The van der Waals surface area contributed by atoms with Gasteiger partial charge < -0.3 is 9.47 Å². The lowest BCUT2D eigenvalue weighted by molar-refractivity contribution is -0.384. The Morgan fingerprint density at radius 1 is 1.23 bits per heavy atom. The lowest BCUT2D eigenvalue weighted by atomic mass is 10.1. The number of non-ortho nitro benzene ring substituents is 1. The van der Waals surface area contributed by atoms with Crippen LogP contribution in [0.25, 0.3) is 0 Å². The Balaban J connectivity index is 1.66. The first-order chi connectivity index (χ1) is 15.0. The van der Waals surface area contributed by atoms with Crippen molar-refractivity contribution in [2.24, 2.45) is 0 Å². The number of nitrogens with zero attached hydrogens (tertiary/aromatic N) is 4. The molecule has 0 saturated heterocycles. The zero-order chi connectivity index (χ0) is 22.2. The van der Waals surface area contributed by atoms with Crippen LogP contribution in [-0.4, -0.2) is 38.3 Å². The molecular formula is C21H20N4O5S. The van der Waals surface area contributed by atoms with E-state index in [-0.39, 0.29) is 29.4 Å². The smallest absolute Gasteiger partial charge is 0.270 e. The molecule has 0 aliphatic heterocycles. The van der Waals surface area contributed by atoms with E-state index in [0.29, 0.717) is 23.3 Å². The molecule has 3 rings (SSSR count). The fraction of sp³-hybridized carbons (Fsp3) is 0.190. The van der Waals surface area contributed by atoms with Crippen LogP contribution in [0.2, 0.25) is 0 Å². The van der Waals surface area contributed by atoms with E-state index in [0.717, 1.165) is 5.75 Å². The second-order valence-corrected chi connectivity index (χ2v) is 7.22. The van der Waals surface area contributed by atoms with Crippen LogP contribution in [0, 0.1) is 10.1 Å². The number of carbonyl (C=O) groups is 1. The molecule has 0 fully saturated rings. The van der Waals surface area contributed by atoms with Gasteiger partial charge in [0.2, 0.25) is 0 Å². The van der Waals surface area contributed by atoms with Crippen LogP contribution in [0.4, 0.5) is 5.69 Å². The van der Waals surface area contributed by atoms with Gasteiger partial charge in [0.1, 0.15) is 18.1 Å². The third-order valence-electron chi connectivity index (χ3n) is 4.24. The van der Waals surface area contributed by atoms with E-state index in [1.54, 1.807) is 43.5 Å². The molecule has 160 valence electrons. The van der Waals surface area contributed by atoms with Crippen molar-refractivity contribution in [3.8, 4) is 11.5 Å². The number of Topliss-reactive ketones (excluding diaryl/α,β-unsaturated/α-hetero) is 1. The number of ether oxygens (including phenoxy) is 2. The zero-order valence-electron chi connectivity index (χ0n) is 16.8. The minimum Gasteiger partial charge on any atom is -0.497 e. The highest BCUT2D eigenvalue weighted by Gasteiger charge is 2.16. The van der Waals surface area contributed by atoms with E-state index in [1.807, 2.05) is 4.57 Å². The van der Waals surface area contributed by atoms with Gasteiger partial charge >= 0.3 is 0 Å². The Morgan fingerprint density at radius 2 is 1.97 bits per heavy atom. The minimum atomic E-state index is -0.528. The van der Waals surface area contributed by atoms with E-state index < -0.39 is 4.92 Å². The van der Waals surface area contributed by atoms with E-state index >= 15 is 0 Å². The maximum atomic E-state index is 12.5. The fourth-order valence-electron chi connectivity index (χ4n) is 2.67. The quantitative estimate of drug-likeness (QED) is 0.145. The van der Waals surface area contributed by atoms with E-state index in [4.69, 9.17) is 9.47 Å². The Kier molecular flexibility index (Phi) is 7.39. The summed E-state index contributed by atoms with van der Waals surface area (Å²) < 4.78 is 12.7. The van der Waals surface area contributed by atoms with Gasteiger partial charge in [0.05, 0.1) is 17.8 Å². The van der Waals surface area contributed by atoms with Crippen molar-refractivity contribution in [2.45, 2.75) is 18.3 Å². The zero-order valence-corrected chi connectivity index (χ0v) is 17.6. The number of aromatic nitrogens is 3. The summed E-state index contributed by atoms with van der Waals surface area (Å²) in [5, 5.41) is 19.8. The summed E-state index contributed by atoms with van der Waals surface area (Å²) >= 11 is 1.20. The van der Waals surface area contributed by atoms with Crippen molar-refractivity contribution in [3.05, 3.63) is 82.7 Å². The number of nitro benzene ring substituents is 1. The number of allylic oxidation sites excluding steroid dienone is 1. The Labute approximate surface area is 182 Å². The molecule has 3 aromatic rings. The van der Waals surface area contributed by atoms with Crippen molar-refractivity contribution in [1.29, 1.82) is 0 Å². The molecule has 0 amide bonds. The van der Waals surface area contributed by atoms with Crippen LogP contribution in [0.15, 0.2) is 66.3 Å². The first-order valence-electron chi connectivity index (χ1n) is 9.22. The van der Waals surface area contributed by atoms with Gasteiger partial charge in [0.25, 0.3) is 5.69 Å². The number of rotatable bonds is 11. The fourth-order valence-corrected chi connectivity index (χ4v) is 3.53. The standard InChI is InChI=1S/C21H20N4O5S/c1-3-11-24-20(13-30-18-9-7-17(29-2)8-10-18)22-23-21(24)31-14-19(26)15-5-4-6-16(12-15)25(27)28/h3-10,12H,1,11,13-14H2,2H3. The van der Waals surface area contributed by atoms with Gasteiger partial charge in [-0.15, -0.1) is 16.8 Å². The second-order valence-electron chi connectivity index (χ2n) is 6.28. The Bertz CT molecular complexity index is 1080. The van der Waals surface area contributed by atoms with Crippen LogP contribution in [-0.2, 0) is 13.2 Å². The third-order valence-corrected chi connectivity index (χ3v) is 5.21.